The Morgan fingerprint density at radius 1 is 1.37 bits per heavy atom. The van der Waals surface area contributed by atoms with Crippen LogP contribution in [0.25, 0.3) is 0 Å². The summed E-state index contributed by atoms with van der Waals surface area (Å²) in [7, 11) is 0. The SMILES string of the molecule is Cc1cc(=O)[nH]c(SCC(=O)O[C@@H](C)C(=O)Nc2ccc(Cl)cc2)c1C#N. The van der Waals surface area contributed by atoms with E-state index in [1.165, 1.54) is 13.0 Å². The quantitative estimate of drug-likeness (QED) is 0.564. The van der Waals surface area contributed by atoms with Gasteiger partial charge in [0.05, 0.1) is 16.3 Å². The van der Waals surface area contributed by atoms with E-state index in [1.54, 1.807) is 31.2 Å². The van der Waals surface area contributed by atoms with Crippen LogP contribution in [0.2, 0.25) is 5.02 Å². The standard InChI is InChI=1S/C18H16ClN3O4S/c1-10-7-15(23)22-18(14(10)8-20)27-9-16(24)26-11(2)17(25)21-13-5-3-12(19)4-6-13/h3-7,11H,9H2,1-2H3,(H,21,25)(H,22,23)/t11-/m0/s1. The predicted molar refractivity (Wildman–Crippen MR) is 103 cm³/mol. The van der Waals surface area contributed by atoms with E-state index in [1.807, 2.05) is 6.07 Å². The van der Waals surface area contributed by atoms with Crippen LogP contribution in [0.1, 0.15) is 18.1 Å². The lowest BCUT2D eigenvalue weighted by atomic mass is 10.2. The van der Waals surface area contributed by atoms with Crippen molar-refractivity contribution in [2.75, 3.05) is 11.1 Å². The summed E-state index contributed by atoms with van der Waals surface area (Å²) in [6.45, 7) is 3.09. The van der Waals surface area contributed by atoms with Crippen LogP contribution in [0.3, 0.4) is 0 Å². The lowest BCUT2D eigenvalue weighted by Crippen LogP contribution is -2.30. The second kappa shape index (κ2) is 9.26. The third-order valence-electron chi connectivity index (χ3n) is 3.44. The lowest BCUT2D eigenvalue weighted by Gasteiger charge is -2.13. The van der Waals surface area contributed by atoms with Crippen molar-refractivity contribution in [1.29, 1.82) is 5.26 Å². The van der Waals surface area contributed by atoms with Crippen molar-refractivity contribution in [2.45, 2.75) is 25.0 Å². The molecule has 1 aromatic carbocycles. The number of amides is 1. The van der Waals surface area contributed by atoms with Gasteiger partial charge in [-0.15, -0.1) is 0 Å². The van der Waals surface area contributed by atoms with Crippen molar-refractivity contribution in [1.82, 2.24) is 4.98 Å². The minimum atomic E-state index is -1.01. The molecule has 1 heterocycles. The molecule has 0 saturated heterocycles. The number of pyridine rings is 1. The number of hydrogen-bond acceptors (Lipinski definition) is 6. The number of halogens is 1. The number of ether oxygens (including phenoxy) is 1. The van der Waals surface area contributed by atoms with Gasteiger partial charge in [0.25, 0.3) is 5.91 Å². The number of anilines is 1. The average molecular weight is 406 g/mol. The zero-order valence-electron chi connectivity index (χ0n) is 14.5. The first-order chi connectivity index (χ1) is 12.8. The Hall–Kier alpha value is -2.76. The summed E-state index contributed by atoms with van der Waals surface area (Å²) in [6, 6.07) is 9.80. The van der Waals surface area contributed by atoms with Crippen LogP contribution in [-0.4, -0.2) is 28.7 Å². The number of nitriles is 1. The van der Waals surface area contributed by atoms with E-state index in [-0.39, 0.29) is 16.3 Å². The van der Waals surface area contributed by atoms with Gasteiger partial charge in [-0.25, -0.2) is 0 Å². The molecule has 1 amide bonds. The summed E-state index contributed by atoms with van der Waals surface area (Å²) in [5, 5.41) is 12.6. The minimum Gasteiger partial charge on any atom is -0.452 e. The molecule has 7 nitrogen and oxygen atoms in total. The molecule has 0 aliphatic heterocycles. The molecule has 1 aromatic heterocycles. The fraction of sp³-hybridized carbons (Fsp3) is 0.222. The van der Waals surface area contributed by atoms with E-state index in [2.05, 4.69) is 10.3 Å². The number of carbonyl (C=O) groups is 2. The van der Waals surface area contributed by atoms with E-state index in [9.17, 15) is 14.4 Å². The van der Waals surface area contributed by atoms with Gasteiger partial charge in [0.15, 0.2) is 6.10 Å². The zero-order chi connectivity index (χ0) is 20.0. The van der Waals surface area contributed by atoms with Gasteiger partial charge in [0, 0.05) is 16.8 Å². The summed E-state index contributed by atoms with van der Waals surface area (Å²) < 4.78 is 5.09. The number of nitrogens with zero attached hydrogens (tertiary/aromatic N) is 1. The number of aromatic nitrogens is 1. The van der Waals surface area contributed by atoms with E-state index in [4.69, 9.17) is 21.6 Å². The number of thioether (sulfide) groups is 1. The highest BCUT2D eigenvalue weighted by atomic mass is 35.5. The number of H-pyrrole nitrogens is 1. The van der Waals surface area contributed by atoms with Crippen LogP contribution in [0.5, 0.6) is 0 Å². The van der Waals surface area contributed by atoms with E-state index >= 15 is 0 Å². The molecule has 1 atom stereocenters. The Bertz CT molecular complexity index is 951. The molecule has 0 saturated carbocycles. The molecule has 2 rings (SSSR count). The number of nitrogens with one attached hydrogen (secondary N) is 2. The van der Waals surface area contributed by atoms with Crippen LogP contribution in [0.4, 0.5) is 5.69 Å². The lowest BCUT2D eigenvalue weighted by molar-refractivity contribution is -0.150. The molecule has 0 unspecified atom stereocenters. The van der Waals surface area contributed by atoms with Crippen LogP contribution in [0.15, 0.2) is 40.2 Å². The highest BCUT2D eigenvalue weighted by Crippen LogP contribution is 2.21. The topological polar surface area (TPSA) is 112 Å². The summed E-state index contributed by atoms with van der Waals surface area (Å²) in [6.07, 6.45) is -1.01. The molecule has 0 spiro atoms. The van der Waals surface area contributed by atoms with Gasteiger partial charge in [0.2, 0.25) is 5.56 Å². The van der Waals surface area contributed by atoms with Gasteiger partial charge in [-0.1, -0.05) is 23.4 Å². The Morgan fingerprint density at radius 2 is 2.04 bits per heavy atom. The molecule has 9 heteroatoms. The summed E-state index contributed by atoms with van der Waals surface area (Å²) in [4.78, 5) is 38.1. The van der Waals surface area contributed by atoms with Crippen LogP contribution in [0, 0.1) is 18.3 Å². The smallest absolute Gasteiger partial charge is 0.317 e. The van der Waals surface area contributed by atoms with E-state index < -0.39 is 18.0 Å². The second-order valence-corrected chi connectivity index (χ2v) is 6.97. The molecule has 0 fully saturated rings. The monoisotopic (exact) mass is 405 g/mol. The van der Waals surface area contributed by atoms with Gasteiger partial charge in [0.1, 0.15) is 6.07 Å². The first-order valence-electron chi connectivity index (χ1n) is 7.83. The molecule has 2 N–H and O–H groups in total. The van der Waals surface area contributed by atoms with Crippen molar-refractivity contribution in [3.05, 3.63) is 56.8 Å². The predicted octanol–water partition coefficient (Wildman–Crippen LogP) is 2.87. The molecule has 0 aliphatic carbocycles. The number of esters is 1. The number of rotatable bonds is 6. The number of aryl methyl sites for hydroxylation is 1. The maximum absolute atomic E-state index is 12.1. The van der Waals surface area contributed by atoms with Crippen molar-refractivity contribution in [2.24, 2.45) is 0 Å². The van der Waals surface area contributed by atoms with Crippen LogP contribution in [-0.2, 0) is 14.3 Å². The molecule has 0 aliphatic rings. The molecule has 0 bridgehead atoms. The van der Waals surface area contributed by atoms with Crippen molar-refractivity contribution >= 4 is 40.9 Å². The maximum Gasteiger partial charge on any atom is 0.317 e. The van der Waals surface area contributed by atoms with Crippen molar-refractivity contribution in [3.8, 4) is 6.07 Å². The molecule has 140 valence electrons. The highest BCUT2D eigenvalue weighted by Gasteiger charge is 2.19. The fourth-order valence-electron chi connectivity index (χ4n) is 2.10. The first kappa shape index (κ1) is 20.6. The van der Waals surface area contributed by atoms with Crippen molar-refractivity contribution in [3.63, 3.8) is 0 Å². The first-order valence-corrected chi connectivity index (χ1v) is 9.19. The largest absolute Gasteiger partial charge is 0.452 e. The van der Waals surface area contributed by atoms with Gasteiger partial charge in [-0.2, -0.15) is 5.26 Å². The Kier molecular flexibility index (Phi) is 7.05. The van der Waals surface area contributed by atoms with Crippen LogP contribution >= 0.6 is 23.4 Å². The van der Waals surface area contributed by atoms with Crippen LogP contribution < -0.4 is 10.9 Å². The molecular formula is C18H16ClN3O4S. The van der Waals surface area contributed by atoms with Gasteiger partial charge >= 0.3 is 5.97 Å². The fourth-order valence-corrected chi connectivity index (χ4v) is 3.08. The maximum atomic E-state index is 12.1. The Morgan fingerprint density at radius 3 is 2.67 bits per heavy atom. The Labute approximate surface area is 164 Å². The van der Waals surface area contributed by atoms with Gasteiger partial charge in [-0.3, -0.25) is 14.4 Å². The molecule has 2 aromatic rings. The second-order valence-electron chi connectivity index (χ2n) is 5.55. The number of carbonyl (C=O) groups excluding carboxylic acids is 2. The minimum absolute atomic E-state index is 0.160. The number of hydrogen-bond donors (Lipinski definition) is 2. The Balaban J connectivity index is 1.92. The number of aromatic amines is 1. The average Bonchev–Trinajstić information content (AvgIpc) is 2.61. The molecule has 27 heavy (non-hydrogen) atoms. The summed E-state index contributed by atoms with van der Waals surface area (Å²) >= 11 is 6.75. The van der Waals surface area contributed by atoms with E-state index in [0.29, 0.717) is 21.8 Å². The highest BCUT2D eigenvalue weighted by molar-refractivity contribution is 7.99. The normalized spacial score (nSPS) is 11.3. The summed E-state index contributed by atoms with van der Waals surface area (Å²) in [5.41, 5.74) is 0.976. The van der Waals surface area contributed by atoms with E-state index in [0.717, 1.165) is 11.8 Å². The third kappa shape index (κ3) is 5.88. The van der Waals surface area contributed by atoms with Crippen molar-refractivity contribution < 1.29 is 14.3 Å². The third-order valence-corrected chi connectivity index (χ3v) is 4.67. The van der Waals surface area contributed by atoms with Gasteiger partial charge in [-0.05, 0) is 43.7 Å². The number of benzene rings is 1. The van der Waals surface area contributed by atoms with Gasteiger partial charge < -0.3 is 15.0 Å². The zero-order valence-corrected chi connectivity index (χ0v) is 16.1. The molecule has 0 radical (unpaired) electrons. The molecular weight excluding hydrogens is 390 g/mol. The summed E-state index contributed by atoms with van der Waals surface area (Å²) in [5.74, 6) is -1.30.